The van der Waals surface area contributed by atoms with Gasteiger partial charge in [0.1, 0.15) is 6.61 Å². The maximum absolute atomic E-state index is 5.58. The molecule has 3 rings (SSSR count). The van der Waals surface area contributed by atoms with Gasteiger partial charge in [0.15, 0.2) is 12.7 Å². The van der Waals surface area contributed by atoms with Crippen LogP contribution in [0.15, 0.2) is 18.5 Å². The molecule has 1 N–H and O–H groups in total. The number of rotatable bonds is 2. The molecule has 2 heterocycles. The molecule has 15 heavy (non-hydrogen) atoms. The van der Waals surface area contributed by atoms with Crippen molar-refractivity contribution < 1.29 is 21.7 Å². The predicted molar refractivity (Wildman–Crippen MR) is 53.3 cm³/mol. The van der Waals surface area contributed by atoms with Gasteiger partial charge in [0, 0.05) is 18.5 Å². The molecule has 1 fully saturated rings. The van der Waals surface area contributed by atoms with Crippen LogP contribution in [0.3, 0.4) is 0 Å². The number of fused-ring (bicyclic) bond motifs is 1. The summed E-state index contributed by atoms with van der Waals surface area (Å²) in [6.45, 7) is 2.84. The van der Waals surface area contributed by atoms with Gasteiger partial charge < -0.3 is 22.5 Å². The van der Waals surface area contributed by atoms with Crippen LogP contribution in [0.5, 0.6) is 5.75 Å². The summed E-state index contributed by atoms with van der Waals surface area (Å²) in [5.74, 6) is 1.91. The summed E-state index contributed by atoms with van der Waals surface area (Å²) in [6, 6.07) is 2.11. The summed E-state index contributed by atoms with van der Waals surface area (Å²) in [5, 5.41) is 3.32. The van der Waals surface area contributed by atoms with Crippen molar-refractivity contribution >= 4 is 5.69 Å². The molecule has 1 aliphatic heterocycles. The molecule has 0 bridgehead atoms. The maximum Gasteiger partial charge on any atom is 0.213 e. The topological polar surface area (TPSA) is 25.1 Å². The van der Waals surface area contributed by atoms with E-state index in [1.807, 2.05) is 0 Å². The Morgan fingerprint density at radius 3 is 3.13 bits per heavy atom. The number of hydrogen-bond donors (Lipinski definition) is 1. The molecule has 1 aliphatic carbocycles. The summed E-state index contributed by atoms with van der Waals surface area (Å²) in [6.07, 6.45) is 7.03. The minimum atomic E-state index is 0. The summed E-state index contributed by atoms with van der Waals surface area (Å²) in [5.41, 5.74) is 1.13. The zero-order chi connectivity index (χ0) is 9.38. The van der Waals surface area contributed by atoms with Gasteiger partial charge >= 0.3 is 0 Å². The Labute approximate surface area is 95.9 Å². The number of nitrogens with zero attached hydrogens (tertiary/aromatic N) is 1. The average Bonchev–Trinajstić information content (AvgIpc) is 3.02. The molecule has 1 saturated carbocycles. The maximum atomic E-state index is 5.58. The molecular formula is C11H15ClN2O. The van der Waals surface area contributed by atoms with Gasteiger partial charge in [0.25, 0.3) is 0 Å². The van der Waals surface area contributed by atoms with E-state index in [1.165, 1.54) is 12.8 Å². The van der Waals surface area contributed by atoms with Gasteiger partial charge in [0.2, 0.25) is 11.9 Å². The van der Waals surface area contributed by atoms with Crippen LogP contribution >= 0.6 is 0 Å². The molecule has 4 heteroatoms. The predicted octanol–water partition coefficient (Wildman–Crippen LogP) is -1.81. The lowest BCUT2D eigenvalue weighted by Crippen LogP contribution is -3.00. The van der Waals surface area contributed by atoms with E-state index in [-0.39, 0.29) is 12.4 Å². The minimum absolute atomic E-state index is 0. The smallest absolute Gasteiger partial charge is 0.213 e. The molecular weight excluding hydrogens is 212 g/mol. The fourth-order valence-corrected chi connectivity index (χ4v) is 1.84. The lowest BCUT2D eigenvalue weighted by atomic mass is 10.3. The van der Waals surface area contributed by atoms with Crippen molar-refractivity contribution in [1.82, 2.24) is 0 Å². The molecule has 82 valence electrons. The third-order valence-corrected chi connectivity index (χ3v) is 2.82. The Morgan fingerprint density at radius 1 is 1.47 bits per heavy atom. The van der Waals surface area contributed by atoms with Crippen molar-refractivity contribution in [2.24, 2.45) is 5.92 Å². The van der Waals surface area contributed by atoms with Gasteiger partial charge in [-0.3, -0.25) is 0 Å². The lowest BCUT2D eigenvalue weighted by molar-refractivity contribution is -0.700. The first-order valence-electron chi connectivity index (χ1n) is 5.31. The molecule has 3 nitrogen and oxygen atoms in total. The largest absolute Gasteiger partial charge is 1.00 e. The number of halogens is 1. The summed E-state index contributed by atoms with van der Waals surface area (Å²) < 4.78 is 7.82. The van der Waals surface area contributed by atoms with Gasteiger partial charge in [-0.1, -0.05) is 0 Å². The van der Waals surface area contributed by atoms with Crippen LogP contribution in [-0.4, -0.2) is 13.2 Å². The minimum Gasteiger partial charge on any atom is -1.00 e. The van der Waals surface area contributed by atoms with Gasteiger partial charge in [-0.15, -0.1) is 0 Å². The third-order valence-electron chi connectivity index (χ3n) is 2.82. The van der Waals surface area contributed by atoms with Crippen LogP contribution in [0.25, 0.3) is 0 Å². The van der Waals surface area contributed by atoms with Crippen molar-refractivity contribution in [3.05, 3.63) is 18.5 Å². The van der Waals surface area contributed by atoms with Crippen LogP contribution in [0.1, 0.15) is 12.8 Å². The number of pyridine rings is 1. The molecule has 0 saturated heterocycles. The van der Waals surface area contributed by atoms with E-state index in [2.05, 4.69) is 28.3 Å². The van der Waals surface area contributed by atoms with E-state index in [9.17, 15) is 0 Å². The van der Waals surface area contributed by atoms with E-state index in [0.717, 1.165) is 37.1 Å². The Hall–Kier alpha value is -0.960. The molecule has 0 unspecified atom stereocenters. The number of nitrogens with one attached hydrogen (secondary N) is 1. The van der Waals surface area contributed by atoms with Gasteiger partial charge in [-0.25, -0.2) is 4.57 Å². The monoisotopic (exact) mass is 226 g/mol. The normalized spacial score (nSPS) is 18.1. The fraction of sp³-hybridized carbons (Fsp3) is 0.545. The quantitative estimate of drug-likeness (QED) is 0.602. The third kappa shape index (κ3) is 2.34. The van der Waals surface area contributed by atoms with Gasteiger partial charge in [0.05, 0.1) is 5.69 Å². The Balaban J connectivity index is 0.000000853. The highest BCUT2D eigenvalue weighted by Crippen LogP contribution is 2.30. The lowest BCUT2D eigenvalue weighted by Gasteiger charge is -2.16. The molecule has 0 spiro atoms. The Morgan fingerprint density at radius 2 is 2.33 bits per heavy atom. The molecule has 1 aromatic rings. The first-order valence-corrected chi connectivity index (χ1v) is 5.31. The number of hydrogen-bond acceptors (Lipinski definition) is 2. The van der Waals surface area contributed by atoms with E-state index >= 15 is 0 Å². The molecule has 1 aromatic heterocycles. The van der Waals surface area contributed by atoms with E-state index < -0.39 is 0 Å². The summed E-state index contributed by atoms with van der Waals surface area (Å²) in [4.78, 5) is 0. The Bertz CT molecular complexity index is 352. The zero-order valence-corrected chi connectivity index (χ0v) is 9.33. The zero-order valence-electron chi connectivity index (χ0n) is 8.58. The SMILES string of the molecule is [Cl-].c1c[n+](CC2CC2)cc2c1NCCO2. The van der Waals surface area contributed by atoms with Gasteiger partial charge in [-0.2, -0.15) is 0 Å². The second-order valence-corrected chi connectivity index (χ2v) is 4.14. The standard InChI is InChI=1S/C11H14N2O.ClH/c1-2-9(1)7-13-5-3-10-11(8-13)14-6-4-12-10;/h3,5,8-9H,1-2,4,6-7H2;1H. The summed E-state index contributed by atoms with van der Waals surface area (Å²) in [7, 11) is 0. The number of aromatic nitrogens is 1. The molecule has 0 aromatic carbocycles. The van der Waals surface area contributed by atoms with Crippen molar-refractivity contribution in [1.29, 1.82) is 0 Å². The highest BCUT2D eigenvalue weighted by atomic mass is 35.5. The first kappa shape index (κ1) is 10.6. The van der Waals surface area contributed by atoms with Crippen molar-refractivity contribution in [2.75, 3.05) is 18.5 Å². The van der Waals surface area contributed by atoms with Crippen LogP contribution in [0.2, 0.25) is 0 Å². The average molecular weight is 227 g/mol. The molecule has 0 atom stereocenters. The van der Waals surface area contributed by atoms with Gasteiger partial charge in [-0.05, 0) is 12.8 Å². The van der Waals surface area contributed by atoms with Crippen LogP contribution in [0, 0.1) is 5.92 Å². The van der Waals surface area contributed by atoms with E-state index in [0.29, 0.717) is 0 Å². The second-order valence-electron chi connectivity index (χ2n) is 4.14. The number of anilines is 1. The second kappa shape index (κ2) is 4.27. The fourth-order valence-electron chi connectivity index (χ4n) is 1.84. The number of ether oxygens (including phenoxy) is 1. The Kier molecular flexibility index (Phi) is 3.00. The first-order chi connectivity index (χ1) is 6.92. The van der Waals surface area contributed by atoms with Crippen molar-refractivity contribution in [3.63, 3.8) is 0 Å². The van der Waals surface area contributed by atoms with Crippen LogP contribution < -0.4 is 27.0 Å². The molecule has 0 radical (unpaired) electrons. The van der Waals surface area contributed by atoms with E-state index in [4.69, 9.17) is 4.74 Å². The highest BCUT2D eigenvalue weighted by molar-refractivity contribution is 5.54. The van der Waals surface area contributed by atoms with Crippen molar-refractivity contribution in [3.8, 4) is 5.75 Å². The highest BCUT2D eigenvalue weighted by Gasteiger charge is 2.26. The summed E-state index contributed by atoms with van der Waals surface area (Å²) >= 11 is 0. The molecule has 2 aliphatic rings. The molecule has 0 amide bonds. The van der Waals surface area contributed by atoms with Crippen molar-refractivity contribution in [2.45, 2.75) is 19.4 Å². The van der Waals surface area contributed by atoms with Crippen LogP contribution in [-0.2, 0) is 6.54 Å². The van der Waals surface area contributed by atoms with E-state index in [1.54, 1.807) is 0 Å². The van der Waals surface area contributed by atoms with Crippen LogP contribution in [0.4, 0.5) is 5.69 Å².